The highest BCUT2D eigenvalue weighted by atomic mass is 35.5. The van der Waals surface area contributed by atoms with E-state index in [0.717, 1.165) is 4.21 Å². The maximum Gasteiger partial charge on any atom is 0.161 e. The Labute approximate surface area is 95.9 Å². The van der Waals surface area contributed by atoms with Gasteiger partial charge in [-0.25, -0.2) is 0 Å². The fourth-order valence-electron chi connectivity index (χ4n) is 0.697. The molecule has 0 saturated heterocycles. The molecule has 1 rings (SSSR count). The normalized spacial score (nSPS) is 14.8. The van der Waals surface area contributed by atoms with Gasteiger partial charge in [-0.2, -0.15) is 9.64 Å². The summed E-state index contributed by atoms with van der Waals surface area (Å²) in [4.78, 5) is 0. The van der Waals surface area contributed by atoms with Gasteiger partial charge in [0.1, 0.15) is 15.8 Å². The van der Waals surface area contributed by atoms with Crippen LogP contribution in [0.1, 0.15) is 19.4 Å². The Bertz CT molecular complexity index is 359. The van der Waals surface area contributed by atoms with Gasteiger partial charge in [0.25, 0.3) is 0 Å². The summed E-state index contributed by atoms with van der Waals surface area (Å²) in [7, 11) is 0. The van der Waals surface area contributed by atoms with Gasteiger partial charge in [0.05, 0.1) is 6.10 Å². The molecule has 76 valence electrons. The molecular weight excluding hydrogens is 240 g/mol. The second kappa shape index (κ2) is 4.99. The van der Waals surface area contributed by atoms with Crippen molar-refractivity contribution in [2.24, 2.45) is 0 Å². The lowest BCUT2D eigenvalue weighted by atomic mass is 10.3. The van der Waals surface area contributed by atoms with Crippen LogP contribution in [0.5, 0.6) is 0 Å². The summed E-state index contributed by atoms with van der Waals surface area (Å²) in [6.07, 6.45) is -0.424. The number of halogens is 1. The van der Waals surface area contributed by atoms with Gasteiger partial charge in [0, 0.05) is 5.25 Å². The molecule has 0 fully saturated rings. The van der Waals surface area contributed by atoms with Crippen molar-refractivity contribution in [3.05, 3.63) is 10.7 Å². The molecule has 1 aromatic rings. The highest BCUT2D eigenvalue weighted by Crippen LogP contribution is 2.35. The molecule has 6 heteroatoms. The number of aromatic nitrogens is 1. The monoisotopic (exact) mass is 248 g/mol. The first kappa shape index (κ1) is 11.8. The second-order valence-corrected chi connectivity index (χ2v) is 5.59. The van der Waals surface area contributed by atoms with Crippen LogP contribution in [-0.2, 0) is 0 Å². The average molecular weight is 249 g/mol. The van der Waals surface area contributed by atoms with Gasteiger partial charge in [-0.15, -0.1) is 11.8 Å². The predicted octanol–water partition coefficient (Wildman–Crippen LogP) is 2.53. The smallest absolute Gasteiger partial charge is 0.161 e. The molecule has 0 aliphatic carbocycles. The zero-order valence-electron chi connectivity index (χ0n) is 7.69. The average Bonchev–Trinajstić information content (AvgIpc) is 2.46. The van der Waals surface area contributed by atoms with E-state index in [1.165, 1.54) is 23.3 Å². The number of thioether (sulfide) groups is 1. The standard InChI is InChI=1S/C8H9ClN2OS2/c1-4(12)5(2)13-8-6(3-10)7(9)11-14-8/h4-5,12H,1-2H3. The number of hydrogen-bond donors (Lipinski definition) is 1. The number of hydrogen-bond acceptors (Lipinski definition) is 5. The summed E-state index contributed by atoms with van der Waals surface area (Å²) in [5.41, 5.74) is 0.411. The summed E-state index contributed by atoms with van der Waals surface area (Å²) in [6, 6.07) is 2.00. The van der Waals surface area contributed by atoms with Crippen LogP contribution in [0.15, 0.2) is 4.21 Å². The molecule has 0 spiro atoms. The summed E-state index contributed by atoms with van der Waals surface area (Å²) in [6.45, 7) is 3.61. The van der Waals surface area contributed by atoms with E-state index >= 15 is 0 Å². The third-order valence-corrected chi connectivity index (χ3v) is 4.42. The van der Waals surface area contributed by atoms with Crippen molar-refractivity contribution < 1.29 is 5.11 Å². The predicted molar refractivity (Wildman–Crippen MR) is 58.8 cm³/mol. The van der Waals surface area contributed by atoms with Gasteiger partial charge in [0.15, 0.2) is 5.15 Å². The topological polar surface area (TPSA) is 56.9 Å². The second-order valence-electron chi connectivity index (χ2n) is 2.81. The number of nitriles is 1. The van der Waals surface area contributed by atoms with Crippen molar-refractivity contribution in [3.63, 3.8) is 0 Å². The summed E-state index contributed by atoms with van der Waals surface area (Å²) < 4.78 is 4.65. The molecule has 0 saturated carbocycles. The zero-order valence-corrected chi connectivity index (χ0v) is 10.1. The molecule has 1 N–H and O–H groups in total. The van der Waals surface area contributed by atoms with Crippen LogP contribution < -0.4 is 0 Å². The Hall–Kier alpha value is -0.280. The van der Waals surface area contributed by atoms with Gasteiger partial charge >= 0.3 is 0 Å². The van der Waals surface area contributed by atoms with Crippen molar-refractivity contribution in [2.75, 3.05) is 0 Å². The van der Waals surface area contributed by atoms with E-state index in [1.807, 2.05) is 13.0 Å². The quantitative estimate of drug-likeness (QED) is 0.836. The van der Waals surface area contributed by atoms with Gasteiger partial charge in [-0.05, 0) is 18.5 Å². The SMILES string of the molecule is CC(O)C(C)Sc1snc(Cl)c1C#N. The number of aliphatic hydroxyl groups excluding tert-OH is 1. The van der Waals surface area contributed by atoms with Crippen molar-refractivity contribution in [2.45, 2.75) is 29.4 Å². The molecule has 0 radical (unpaired) electrons. The molecule has 2 atom stereocenters. The minimum absolute atomic E-state index is 0.0265. The molecule has 0 aliphatic rings. The first-order chi connectivity index (χ1) is 6.56. The van der Waals surface area contributed by atoms with Crippen molar-refractivity contribution in [1.82, 2.24) is 4.37 Å². The molecule has 14 heavy (non-hydrogen) atoms. The zero-order chi connectivity index (χ0) is 10.7. The van der Waals surface area contributed by atoms with Crippen LogP contribution >= 0.6 is 34.9 Å². The number of nitrogens with zero attached hydrogens (tertiary/aromatic N) is 2. The molecule has 1 heterocycles. The molecule has 1 aromatic heterocycles. The highest BCUT2D eigenvalue weighted by Gasteiger charge is 2.17. The first-order valence-electron chi connectivity index (χ1n) is 3.96. The Kier molecular flexibility index (Phi) is 4.20. The maximum atomic E-state index is 9.30. The highest BCUT2D eigenvalue weighted by molar-refractivity contribution is 8.01. The largest absolute Gasteiger partial charge is 0.392 e. The van der Waals surface area contributed by atoms with Crippen LogP contribution in [0.3, 0.4) is 0 Å². The Balaban J connectivity index is 2.83. The number of rotatable bonds is 3. The lowest BCUT2D eigenvalue weighted by Crippen LogP contribution is -2.14. The van der Waals surface area contributed by atoms with Gasteiger partial charge in [-0.1, -0.05) is 18.5 Å². The Morgan fingerprint density at radius 3 is 2.79 bits per heavy atom. The molecule has 3 nitrogen and oxygen atoms in total. The van der Waals surface area contributed by atoms with Crippen LogP contribution in [0.4, 0.5) is 0 Å². The maximum absolute atomic E-state index is 9.30. The third kappa shape index (κ3) is 2.61. The molecule has 0 aliphatic heterocycles. The summed E-state index contributed by atoms with van der Waals surface area (Å²) >= 11 is 8.33. The van der Waals surface area contributed by atoms with Crippen LogP contribution in [-0.4, -0.2) is 20.8 Å². The van der Waals surface area contributed by atoms with E-state index in [9.17, 15) is 5.11 Å². The Morgan fingerprint density at radius 2 is 2.29 bits per heavy atom. The number of aliphatic hydroxyl groups is 1. The van der Waals surface area contributed by atoms with Gasteiger partial charge in [0.2, 0.25) is 0 Å². The summed E-state index contributed by atoms with van der Waals surface area (Å²) in [5.74, 6) is 0. The van der Waals surface area contributed by atoms with E-state index in [2.05, 4.69) is 4.37 Å². The lowest BCUT2D eigenvalue weighted by molar-refractivity contribution is 0.196. The van der Waals surface area contributed by atoms with Gasteiger partial charge in [-0.3, -0.25) is 0 Å². The van der Waals surface area contributed by atoms with Crippen molar-refractivity contribution >= 4 is 34.9 Å². The van der Waals surface area contributed by atoms with Crippen molar-refractivity contribution in [3.8, 4) is 6.07 Å². The van der Waals surface area contributed by atoms with Crippen LogP contribution in [0.2, 0.25) is 5.15 Å². The van der Waals surface area contributed by atoms with Crippen LogP contribution in [0.25, 0.3) is 0 Å². The fraction of sp³-hybridized carbons (Fsp3) is 0.500. The fourth-order valence-corrected chi connectivity index (χ4v) is 3.07. The van der Waals surface area contributed by atoms with Gasteiger partial charge < -0.3 is 5.11 Å². The minimum atomic E-state index is -0.424. The van der Waals surface area contributed by atoms with E-state index in [1.54, 1.807) is 6.92 Å². The van der Waals surface area contributed by atoms with E-state index < -0.39 is 6.10 Å². The molecule has 0 amide bonds. The minimum Gasteiger partial charge on any atom is -0.392 e. The third-order valence-electron chi connectivity index (χ3n) is 1.70. The molecular formula is C8H9ClN2OS2. The van der Waals surface area contributed by atoms with Crippen molar-refractivity contribution in [1.29, 1.82) is 5.26 Å². The first-order valence-corrected chi connectivity index (χ1v) is 5.99. The lowest BCUT2D eigenvalue weighted by Gasteiger charge is -2.12. The molecule has 0 bridgehead atoms. The van der Waals surface area contributed by atoms with E-state index in [-0.39, 0.29) is 10.4 Å². The van der Waals surface area contributed by atoms with E-state index in [0.29, 0.717) is 5.56 Å². The molecule has 0 aromatic carbocycles. The van der Waals surface area contributed by atoms with E-state index in [4.69, 9.17) is 16.9 Å². The summed E-state index contributed by atoms with van der Waals surface area (Å²) in [5, 5.41) is 18.4. The molecule has 2 unspecified atom stereocenters. The van der Waals surface area contributed by atoms with Crippen LogP contribution in [0, 0.1) is 11.3 Å². The Morgan fingerprint density at radius 1 is 1.64 bits per heavy atom.